The van der Waals surface area contributed by atoms with Crippen molar-refractivity contribution < 1.29 is 0 Å². The van der Waals surface area contributed by atoms with Crippen molar-refractivity contribution in [3.8, 4) is 0 Å². The first kappa shape index (κ1) is 12.6. The normalized spacial score (nSPS) is 10.8. The Morgan fingerprint density at radius 1 is 1.28 bits per heavy atom. The number of aromatic amines is 1. The third-order valence-corrected chi connectivity index (χ3v) is 3.15. The highest BCUT2D eigenvalue weighted by Crippen LogP contribution is 2.07. The summed E-state index contributed by atoms with van der Waals surface area (Å²) in [5.41, 5.74) is 8.69. The van der Waals surface area contributed by atoms with Gasteiger partial charge in [-0.15, -0.1) is 0 Å². The second kappa shape index (κ2) is 5.69. The van der Waals surface area contributed by atoms with Gasteiger partial charge in [0.1, 0.15) is 0 Å². The number of hydrogen-bond donors (Lipinski definition) is 2. The minimum atomic E-state index is 0.0618. The van der Waals surface area contributed by atoms with E-state index in [4.69, 9.17) is 5.73 Å². The monoisotopic (exact) mass is 245 g/mol. The zero-order valence-electron chi connectivity index (χ0n) is 10.6. The minimum absolute atomic E-state index is 0.0618. The molecule has 0 saturated carbocycles. The number of H-pyrrole nitrogens is 1. The summed E-state index contributed by atoms with van der Waals surface area (Å²) in [6.07, 6.45) is 3.38. The highest BCUT2D eigenvalue weighted by Gasteiger charge is 2.06. The van der Waals surface area contributed by atoms with Gasteiger partial charge in [-0.2, -0.15) is 0 Å². The molecule has 1 aromatic heterocycles. The highest BCUT2D eigenvalue weighted by atomic mass is 16.1. The van der Waals surface area contributed by atoms with Crippen LogP contribution in [0.1, 0.15) is 23.1 Å². The molecule has 0 aliphatic rings. The highest BCUT2D eigenvalue weighted by molar-refractivity contribution is 5.25. The Balaban J connectivity index is 2.18. The van der Waals surface area contributed by atoms with Crippen LogP contribution in [0.2, 0.25) is 0 Å². The molecular weight excluding hydrogens is 226 g/mol. The molecule has 0 bridgehead atoms. The maximum Gasteiger partial charge on any atom is 0.269 e. The van der Waals surface area contributed by atoms with E-state index >= 15 is 0 Å². The molecule has 4 heteroatoms. The standard InChI is InChI=1S/C14H19N3O/c1-11-5-2-3-6-13(11)10-17-14(18)12(9-16-17)7-4-8-15/h2-3,5-6,9,16H,4,7-8,10,15H2,1H3. The first-order valence-electron chi connectivity index (χ1n) is 6.24. The summed E-state index contributed by atoms with van der Waals surface area (Å²) in [5, 5.41) is 3.02. The summed E-state index contributed by atoms with van der Waals surface area (Å²) in [6, 6.07) is 8.09. The van der Waals surface area contributed by atoms with Crippen molar-refractivity contribution in [2.75, 3.05) is 6.54 Å². The minimum Gasteiger partial charge on any atom is -0.330 e. The summed E-state index contributed by atoms with van der Waals surface area (Å²) in [6.45, 7) is 3.26. The lowest BCUT2D eigenvalue weighted by Crippen LogP contribution is -2.20. The third-order valence-electron chi connectivity index (χ3n) is 3.15. The van der Waals surface area contributed by atoms with Gasteiger partial charge >= 0.3 is 0 Å². The molecule has 3 N–H and O–H groups in total. The fourth-order valence-corrected chi connectivity index (χ4v) is 2.00. The van der Waals surface area contributed by atoms with Crippen molar-refractivity contribution in [3.63, 3.8) is 0 Å². The Morgan fingerprint density at radius 2 is 2.06 bits per heavy atom. The molecule has 96 valence electrons. The second-order valence-electron chi connectivity index (χ2n) is 4.51. The van der Waals surface area contributed by atoms with E-state index in [0.29, 0.717) is 13.1 Å². The van der Waals surface area contributed by atoms with Gasteiger partial charge in [-0.05, 0) is 37.4 Å². The molecule has 0 fully saturated rings. The Labute approximate surface area is 106 Å². The number of aromatic nitrogens is 2. The van der Waals surface area contributed by atoms with Crippen LogP contribution in [0.15, 0.2) is 35.3 Å². The first-order chi connectivity index (χ1) is 8.72. The van der Waals surface area contributed by atoms with Crippen LogP contribution in [0.4, 0.5) is 0 Å². The van der Waals surface area contributed by atoms with Crippen molar-refractivity contribution >= 4 is 0 Å². The Morgan fingerprint density at radius 3 is 2.78 bits per heavy atom. The maximum atomic E-state index is 12.1. The van der Waals surface area contributed by atoms with E-state index in [-0.39, 0.29) is 5.56 Å². The number of nitrogens with two attached hydrogens (primary N) is 1. The Bertz CT molecular complexity index is 568. The van der Waals surface area contributed by atoms with E-state index in [0.717, 1.165) is 24.0 Å². The van der Waals surface area contributed by atoms with Crippen LogP contribution in [0, 0.1) is 6.92 Å². The lowest BCUT2D eigenvalue weighted by molar-refractivity contribution is 0.658. The summed E-state index contributed by atoms with van der Waals surface area (Å²) >= 11 is 0. The zero-order valence-corrected chi connectivity index (χ0v) is 10.6. The molecule has 0 spiro atoms. The average Bonchev–Trinajstić information content (AvgIpc) is 2.71. The van der Waals surface area contributed by atoms with Gasteiger partial charge in [0.15, 0.2) is 0 Å². The van der Waals surface area contributed by atoms with E-state index in [9.17, 15) is 4.79 Å². The predicted molar refractivity (Wildman–Crippen MR) is 72.7 cm³/mol. The molecule has 2 aromatic rings. The number of rotatable bonds is 5. The summed E-state index contributed by atoms with van der Waals surface area (Å²) in [5.74, 6) is 0. The maximum absolute atomic E-state index is 12.1. The SMILES string of the molecule is Cc1ccccc1Cn1[nH]cc(CCCN)c1=O. The van der Waals surface area contributed by atoms with Gasteiger partial charge in [0.25, 0.3) is 5.56 Å². The van der Waals surface area contributed by atoms with Crippen LogP contribution in [0.25, 0.3) is 0 Å². The van der Waals surface area contributed by atoms with E-state index < -0.39 is 0 Å². The van der Waals surface area contributed by atoms with Crippen molar-refractivity contribution in [1.82, 2.24) is 9.78 Å². The largest absolute Gasteiger partial charge is 0.330 e. The third kappa shape index (κ3) is 2.71. The lowest BCUT2D eigenvalue weighted by Gasteiger charge is -2.05. The molecule has 0 aliphatic carbocycles. The molecule has 2 rings (SSSR count). The molecule has 0 atom stereocenters. The average molecular weight is 245 g/mol. The van der Waals surface area contributed by atoms with Crippen molar-refractivity contribution in [1.29, 1.82) is 0 Å². The summed E-state index contributed by atoms with van der Waals surface area (Å²) in [7, 11) is 0. The van der Waals surface area contributed by atoms with Gasteiger partial charge in [-0.25, -0.2) is 4.68 Å². The topological polar surface area (TPSA) is 63.8 Å². The van der Waals surface area contributed by atoms with E-state index in [1.54, 1.807) is 10.9 Å². The number of nitrogens with zero attached hydrogens (tertiary/aromatic N) is 1. The molecule has 0 unspecified atom stereocenters. The molecule has 1 heterocycles. The quantitative estimate of drug-likeness (QED) is 0.837. The van der Waals surface area contributed by atoms with Crippen LogP contribution in [-0.4, -0.2) is 16.3 Å². The van der Waals surface area contributed by atoms with Gasteiger partial charge in [0.05, 0.1) is 6.54 Å². The van der Waals surface area contributed by atoms with Crippen LogP contribution in [-0.2, 0) is 13.0 Å². The summed E-state index contributed by atoms with van der Waals surface area (Å²) < 4.78 is 1.65. The molecule has 0 saturated heterocycles. The molecule has 0 amide bonds. The van der Waals surface area contributed by atoms with Crippen molar-refractivity contribution in [2.24, 2.45) is 5.73 Å². The first-order valence-corrected chi connectivity index (χ1v) is 6.24. The molecule has 18 heavy (non-hydrogen) atoms. The predicted octanol–water partition coefficient (Wildman–Crippen LogP) is 1.42. The van der Waals surface area contributed by atoms with Crippen LogP contribution < -0.4 is 11.3 Å². The van der Waals surface area contributed by atoms with Gasteiger partial charge in [-0.3, -0.25) is 4.79 Å². The Hall–Kier alpha value is -1.81. The Kier molecular flexibility index (Phi) is 3.99. The van der Waals surface area contributed by atoms with E-state index in [2.05, 4.69) is 18.1 Å². The van der Waals surface area contributed by atoms with E-state index in [1.807, 2.05) is 18.2 Å². The van der Waals surface area contributed by atoms with Gasteiger partial charge in [0, 0.05) is 11.8 Å². The smallest absolute Gasteiger partial charge is 0.269 e. The summed E-state index contributed by atoms with van der Waals surface area (Å²) in [4.78, 5) is 12.1. The van der Waals surface area contributed by atoms with Crippen LogP contribution in [0.5, 0.6) is 0 Å². The number of hydrogen-bond acceptors (Lipinski definition) is 2. The fraction of sp³-hybridized carbons (Fsp3) is 0.357. The van der Waals surface area contributed by atoms with Gasteiger partial charge in [0.2, 0.25) is 0 Å². The van der Waals surface area contributed by atoms with Crippen LogP contribution >= 0.6 is 0 Å². The number of nitrogens with one attached hydrogen (secondary N) is 1. The van der Waals surface area contributed by atoms with Crippen molar-refractivity contribution in [3.05, 3.63) is 57.5 Å². The molecule has 4 nitrogen and oxygen atoms in total. The number of aryl methyl sites for hydroxylation is 2. The van der Waals surface area contributed by atoms with Crippen molar-refractivity contribution in [2.45, 2.75) is 26.3 Å². The van der Waals surface area contributed by atoms with Crippen LogP contribution in [0.3, 0.4) is 0 Å². The van der Waals surface area contributed by atoms with Gasteiger partial charge in [-0.1, -0.05) is 24.3 Å². The molecule has 0 radical (unpaired) electrons. The second-order valence-corrected chi connectivity index (χ2v) is 4.51. The molecule has 1 aromatic carbocycles. The van der Waals surface area contributed by atoms with E-state index in [1.165, 1.54) is 5.56 Å². The molecular formula is C14H19N3O. The van der Waals surface area contributed by atoms with Gasteiger partial charge < -0.3 is 10.8 Å². The fourth-order valence-electron chi connectivity index (χ4n) is 2.00. The molecule has 0 aliphatic heterocycles. The lowest BCUT2D eigenvalue weighted by atomic mass is 10.1. The number of benzene rings is 1. The zero-order chi connectivity index (χ0) is 13.0.